The molecule has 1 atom stereocenters. The molecule has 1 aromatic heterocycles. The van der Waals surface area contributed by atoms with E-state index < -0.39 is 0 Å². The molecule has 0 saturated carbocycles. The van der Waals surface area contributed by atoms with Gasteiger partial charge in [-0.05, 0) is 24.1 Å². The highest BCUT2D eigenvalue weighted by molar-refractivity contribution is 8.15. The summed E-state index contributed by atoms with van der Waals surface area (Å²) in [5.74, 6) is 1.28. The van der Waals surface area contributed by atoms with Gasteiger partial charge in [-0.3, -0.25) is 14.9 Å². The number of thioether (sulfide) groups is 2. The Bertz CT molecular complexity index is 1250. The van der Waals surface area contributed by atoms with Crippen molar-refractivity contribution in [2.24, 2.45) is 0 Å². The molecule has 2 heterocycles. The third-order valence-corrected chi connectivity index (χ3v) is 7.31. The number of aromatic amines is 1. The molecule has 2 amide bonds. The fraction of sp³-hybridized carbons (Fsp3) is 0.148. The van der Waals surface area contributed by atoms with E-state index in [1.54, 1.807) is 11.8 Å². The standard InChI is InChI=1S/C27H23N3O3S2/c31-25-22(35-27(32)30-25)17-18-11-13-21(14-12-18)33-15-16-34-26-28-23(19-7-3-1-4-8-19)24(29-26)20-9-5-2-6-10-20/h1-14,22H,15-17H2,(H,28,29)(H,30,31,32). The minimum atomic E-state index is -0.361. The number of carbonyl (C=O) groups excluding carboxylic acids is 2. The largest absolute Gasteiger partial charge is 0.493 e. The lowest BCUT2D eigenvalue weighted by atomic mass is 10.1. The number of ether oxygens (including phenoxy) is 1. The number of amides is 2. The summed E-state index contributed by atoms with van der Waals surface area (Å²) >= 11 is 2.66. The van der Waals surface area contributed by atoms with Gasteiger partial charge < -0.3 is 9.72 Å². The Labute approximate surface area is 211 Å². The third-order valence-electron chi connectivity index (χ3n) is 5.49. The Morgan fingerprint density at radius 1 is 0.886 bits per heavy atom. The summed E-state index contributed by atoms with van der Waals surface area (Å²) in [5, 5.41) is 2.53. The van der Waals surface area contributed by atoms with Crippen LogP contribution >= 0.6 is 23.5 Å². The van der Waals surface area contributed by atoms with Gasteiger partial charge in [-0.1, -0.05) is 96.3 Å². The van der Waals surface area contributed by atoms with E-state index in [-0.39, 0.29) is 16.4 Å². The number of carbonyl (C=O) groups is 2. The van der Waals surface area contributed by atoms with Crippen LogP contribution in [0, 0.1) is 0 Å². The number of rotatable bonds is 9. The molecule has 0 aliphatic carbocycles. The van der Waals surface area contributed by atoms with Crippen molar-refractivity contribution in [2.75, 3.05) is 12.4 Å². The quantitative estimate of drug-likeness (QED) is 0.222. The van der Waals surface area contributed by atoms with Crippen LogP contribution in [0.2, 0.25) is 0 Å². The summed E-state index contributed by atoms with van der Waals surface area (Å²) < 4.78 is 5.90. The molecule has 5 rings (SSSR count). The zero-order chi connectivity index (χ0) is 24.0. The van der Waals surface area contributed by atoms with Gasteiger partial charge in [0.15, 0.2) is 5.16 Å². The van der Waals surface area contributed by atoms with E-state index in [1.165, 1.54) is 0 Å². The van der Waals surface area contributed by atoms with Crippen molar-refractivity contribution in [2.45, 2.75) is 16.8 Å². The van der Waals surface area contributed by atoms with Gasteiger partial charge in [-0.15, -0.1) is 0 Å². The van der Waals surface area contributed by atoms with Crippen molar-refractivity contribution < 1.29 is 14.3 Å². The maximum Gasteiger partial charge on any atom is 0.286 e. The zero-order valence-electron chi connectivity index (χ0n) is 18.8. The molecule has 1 aliphatic heterocycles. The van der Waals surface area contributed by atoms with E-state index in [2.05, 4.69) is 34.6 Å². The van der Waals surface area contributed by atoms with Crippen LogP contribution in [0.4, 0.5) is 4.79 Å². The number of hydrogen-bond donors (Lipinski definition) is 2. The lowest BCUT2D eigenvalue weighted by molar-refractivity contribution is -0.118. The first-order valence-corrected chi connectivity index (χ1v) is 13.1. The van der Waals surface area contributed by atoms with Gasteiger partial charge in [0.2, 0.25) is 5.91 Å². The summed E-state index contributed by atoms with van der Waals surface area (Å²) in [5.41, 5.74) is 5.10. The molecule has 0 spiro atoms. The number of H-pyrrole nitrogens is 1. The average molecular weight is 502 g/mol. The van der Waals surface area contributed by atoms with E-state index in [4.69, 9.17) is 9.72 Å². The van der Waals surface area contributed by atoms with Gasteiger partial charge in [-0.25, -0.2) is 4.98 Å². The smallest absolute Gasteiger partial charge is 0.286 e. The van der Waals surface area contributed by atoms with Crippen LogP contribution < -0.4 is 10.1 Å². The summed E-state index contributed by atoms with van der Waals surface area (Å²) in [6.07, 6.45) is 0.518. The predicted octanol–water partition coefficient (Wildman–Crippen LogP) is 5.81. The van der Waals surface area contributed by atoms with Crippen molar-refractivity contribution in [1.82, 2.24) is 15.3 Å². The van der Waals surface area contributed by atoms with Crippen LogP contribution in [0.15, 0.2) is 90.1 Å². The minimum absolute atomic E-state index is 0.221. The first-order chi connectivity index (χ1) is 17.2. The maximum absolute atomic E-state index is 11.7. The Morgan fingerprint density at radius 3 is 2.23 bits per heavy atom. The van der Waals surface area contributed by atoms with Crippen molar-refractivity contribution in [3.05, 3.63) is 90.5 Å². The van der Waals surface area contributed by atoms with E-state index >= 15 is 0 Å². The molecule has 1 unspecified atom stereocenters. The molecular formula is C27H23N3O3S2. The molecule has 35 heavy (non-hydrogen) atoms. The van der Waals surface area contributed by atoms with Crippen LogP contribution in [0.25, 0.3) is 22.5 Å². The van der Waals surface area contributed by atoms with Crippen LogP contribution in [-0.2, 0) is 11.2 Å². The number of imidazole rings is 1. The molecule has 0 radical (unpaired) electrons. The second-order valence-electron chi connectivity index (χ2n) is 7.93. The molecule has 1 aliphatic rings. The Kier molecular flexibility index (Phi) is 7.20. The summed E-state index contributed by atoms with van der Waals surface area (Å²) in [6, 6.07) is 28.1. The van der Waals surface area contributed by atoms with E-state index in [9.17, 15) is 9.59 Å². The molecule has 1 fully saturated rings. The first kappa shape index (κ1) is 23.3. The SMILES string of the molecule is O=C1NC(=O)C(Cc2ccc(OCCSc3nc(-c4ccccc4)c(-c4ccccc4)[nH]3)cc2)S1. The highest BCUT2D eigenvalue weighted by atomic mass is 32.2. The Hall–Kier alpha value is -3.49. The second-order valence-corrected chi connectivity index (χ2v) is 10.2. The fourth-order valence-electron chi connectivity index (χ4n) is 3.80. The van der Waals surface area contributed by atoms with Crippen molar-refractivity contribution in [3.63, 3.8) is 0 Å². The van der Waals surface area contributed by atoms with Crippen LogP contribution in [0.5, 0.6) is 5.75 Å². The van der Waals surface area contributed by atoms with E-state index in [0.29, 0.717) is 13.0 Å². The molecule has 2 N–H and O–H groups in total. The number of benzene rings is 3. The van der Waals surface area contributed by atoms with Gasteiger partial charge in [-0.2, -0.15) is 0 Å². The Balaban J connectivity index is 1.18. The second kappa shape index (κ2) is 10.8. The summed E-state index contributed by atoms with van der Waals surface area (Å²) in [7, 11) is 0. The van der Waals surface area contributed by atoms with Crippen molar-refractivity contribution in [3.8, 4) is 28.3 Å². The molecule has 8 heteroatoms. The molecule has 4 aromatic rings. The van der Waals surface area contributed by atoms with Gasteiger partial charge in [0.05, 0.1) is 23.2 Å². The molecule has 0 bridgehead atoms. The predicted molar refractivity (Wildman–Crippen MR) is 141 cm³/mol. The van der Waals surface area contributed by atoms with Gasteiger partial charge in [0.1, 0.15) is 5.75 Å². The highest BCUT2D eigenvalue weighted by Gasteiger charge is 2.31. The van der Waals surface area contributed by atoms with Crippen LogP contribution in [0.3, 0.4) is 0 Å². The number of aromatic nitrogens is 2. The molecule has 3 aromatic carbocycles. The molecule has 176 valence electrons. The zero-order valence-corrected chi connectivity index (χ0v) is 20.4. The number of nitrogens with zero attached hydrogens (tertiary/aromatic N) is 1. The number of hydrogen-bond acceptors (Lipinski definition) is 6. The third kappa shape index (κ3) is 5.78. The van der Waals surface area contributed by atoms with Crippen molar-refractivity contribution in [1.29, 1.82) is 0 Å². The van der Waals surface area contributed by atoms with Crippen LogP contribution in [0.1, 0.15) is 5.56 Å². The topological polar surface area (TPSA) is 84.1 Å². The normalized spacial score (nSPS) is 15.3. The fourth-order valence-corrected chi connectivity index (χ4v) is 5.35. The van der Waals surface area contributed by atoms with Gasteiger partial charge in [0, 0.05) is 16.9 Å². The van der Waals surface area contributed by atoms with Gasteiger partial charge in [0.25, 0.3) is 5.24 Å². The lowest BCUT2D eigenvalue weighted by Crippen LogP contribution is -2.25. The lowest BCUT2D eigenvalue weighted by Gasteiger charge is -2.08. The molecule has 1 saturated heterocycles. The van der Waals surface area contributed by atoms with E-state index in [1.807, 2.05) is 60.7 Å². The first-order valence-electron chi connectivity index (χ1n) is 11.2. The monoisotopic (exact) mass is 501 g/mol. The highest BCUT2D eigenvalue weighted by Crippen LogP contribution is 2.32. The number of nitrogens with one attached hydrogen (secondary N) is 2. The maximum atomic E-state index is 11.7. The molecular weight excluding hydrogens is 478 g/mol. The number of imide groups is 1. The van der Waals surface area contributed by atoms with Gasteiger partial charge >= 0.3 is 0 Å². The van der Waals surface area contributed by atoms with E-state index in [0.717, 1.165) is 56.5 Å². The molecule has 6 nitrogen and oxygen atoms in total. The average Bonchev–Trinajstić information content (AvgIpc) is 3.46. The van der Waals surface area contributed by atoms with Crippen LogP contribution in [-0.4, -0.2) is 38.7 Å². The van der Waals surface area contributed by atoms with Crippen molar-refractivity contribution >= 4 is 34.7 Å². The Morgan fingerprint density at radius 2 is 1.57 bits per heavy atom. The summed E-state index contributed by atoms with van der Waals surface area (Å²) in [6.45, 7) is 0.529. The minimum Gasteiger partial charge on any atom is -0.493 e. The summed E-state index contributed by atoms with van der Waals surface area (Å²) in [4.78, 5) is 31.4.